The Balaban J connectivity index is 2.70. The normalized spacial score (nSPS) is 11.1. The van der Waals surface area contributed by atoms with Gasteiger partial charge in [-0.1, -0.05) is 6.07 Å². The maximum Gasteiger partial charge on any atom is 0.132 e. The number of hydrogen-bond donors (Lipinski definition) is 1. The van der Waals surface area contributed by atoms with Crippen molar-refractivity contribution in [2.75, 3.05) is 7.05 Å². The molecule has 3 heteroatoms. The van der Waals surface area contributed by atoms with Crippen molar-refractivity contribution in [1.82, 2.24) is 9.88 Å². The van der Waals surface area contributed by atoms with E-state index in [9.17, 15) is 4.39 Å². The molecule has 0 aliphatic carbocycles. The summed E-state index contributed by atoms with van der Waals surface area (Å²) < 4.78 is 15.8. The minimum atomic E-state index is -0.134. The Morgan fingerprint density at radius 3 is 2.87 bits per heavy atom. The van der Waals surface area contributed by atoms with Gasteiger partial charge in [-0.25, -0.2) is 4.39 Å². The lowest BCUT2D eigenvalue weighted by Crippen LogP contribution is -2.04. The number of halogens is 1. The Bertz CT molecular complexity index is 474. The molecule has 2 aromatic rings. The van der Waals surface area contributed by atoms with Gasteiger partial charge in [-0.3, -0.25) is 0 Å². The van der Waals surface area contributed by atoms with Crippen LogP contribution >= 0.6 is 0 Å². The van der Waals surface area contributed by atoms with Crippen molar-refractivity contribution >= 4 is 10.9 Å². The summed E-state index contributed by atoms with van der Waals surface area (Å²) in [6, 6.07) is 5.23. The second-order valence-electron chi connectivity index (χ2n) is 3.60. The van der Waals surface area contributed by atoms with E-state index in [2.05, 4.69) is 16.8 Å². The number of fused-ring (bicyclic) bond motifs is 1. The van der Waals surface area contributed by atoms with Gasteiger partial charge in [0.1, 0.15) is 5.82 Å². The molecule has 0 atom stereocenters. The molecule has 0 aliphatic rings. The highest BCUT2D eigenvalue weighted by Gasteiger charge is 2.10. The maximum absolute atomic E-state index is 13.7. The predicted octanol–water partition coefficient (Wildman–Crippen LogP) is 2.52. The summed E-state index contributed by atoms with van der Waals surface area (Å²) in [5.41, 5.74) is 2.00. The monoisotopic (exact) mass is 206 g/mol. The van der Waals surface area contributed by atoms with Crippen LogP contribution in [0.5, 0.6) is 0 Å². The molecule has 2 rings (SSSR count). The molecule has 0 saturated heterocycles. The summed E-state index contributed by atoms with van der Waals surface area (Å²) in [6.07, 6.45) is 2.02. The van der Waals surface area contributed by atoms with Gasteiger partial charge in [0.2, 0.25) is 0 Å². The van der Waals surface area contributed by atoms with E-state index in [1.165, 1.54) is 6.07 Å². The van der Waals surface area contributed by atoms with E-state index in [1.807, 2.05) is 19.3 Å². The van der Waals surface area contributed by atoms with E-state index < -0.39 is 0 Å². The number of aromatic nitrogens is 1. The number of hydrogen-bond acceptors (Lipinski definition) is 1. The molecular weight excluding hydrogens is 191 g/mol. The smallest absolute Gasteiger partial charge is 0.132 e. The topological polar surface area (TPSA) is 17.0 Å². The minimum Gasteiger partial charge on any atom is -0.347 e. The third kappa shape index (κ3) is 1.63. The first-order chi connectivity index (χ1) is 7.27. The van der Waals surface area contributed by atoms with E-state index in [1.54, 1.807) is 6.07 Å². The van der Waals surface area contributed by atoms with E-state index >= 15 is 0 Å². The van der Waals surface area contributed by atoms with Crippen LogP contribution in [0.3, 0.4) is 0 Å². The van der Waals surface area contributed by atoms with Gasteiger partial charge >= 0.3 is 0 Å². The number of nitrogens with one attached hydrogen (secondary N) is 1. The van der Waals surface area contributed by atoms with Crippen LogP contribution in [0.15, 0.2) is 24.4 Å². The number of nitrogens with zero attached hydrogens (tertiary/aromatic N) is 1. The molecule has 0 fully saturated rings. The van der Waals surface area contributed by atoms with Gasteiger partial charge in [0, 0.05) is 24.7 Å². The minimum absolute atomic E-state index is 0.134. The van der Waals surface area contributed by atoms with Crippen molar-refractivity contribution in [1.29, 1.82) is 0 Å². The van der Waals surface area contributed by atoms with Crippen LogP contribution < -0.4 is 5.32 Å². The molecule has 0 radical (unpaired) electrons. The molecule has 0 unspecified atom stereocenters. The first-order valence-electron chi connectivity index (χ1n) is 5.18. The quantitative estimate of drug-likeness (QED) is 0.816. The summed E-state index contributed by atoms with van der Waals surface area (Å²) in [4.78, 5) is 0. The van der Waals surface area contributed by atoms with E-state index in [0.717, 1.165) is 23.0 Å². The van der Waals surface area contributed by atoms with E-state index in [4.69, 9.17) is 0 Å². The van der Waals surface area contributed by atoms with Gasteiger partial charge in [0.25, 0.3) is 0 Å². The van der Waals surface area contributed by atoms with Crippen LogP contribution in [0.4, 0.5) is 4.39 Å². The SMILES string of the molecule is CCn1cc(CNC)c2c(F)cccc21. The van der Waals surface area contributed by atoms with Gasteiger partial charge < -0.3 is 9.88 Å². The fourth-order valence-electron chi connectivity index (χ4n) is 1.98. The average molecular weight is 206 g/mol. The lowest BCUT2D eigenvalue weighted by Gasteiger charge is -1.99. The van der Waals surface area contributed by atoms with Crippen molar-refractivity contribution in [3.63, 3.8) is 0 Å². The second kappa shape index (κ2) is 4.03. The van der Waals surface area contributed by atoms with Crippen molar-refractivity contribution in [3.05, 3.63) is 35.8 Å². The third-order valence-electron chi connectivity index (χ3n) is 2.64. The van der Waals surface area contributed by atoms with Crippen molar-refractivity contribution in [3.8, 4) is 0 Å². The molecule has 2 nitrogen and oxygen atoms in total. The van der Waals surface area contributed by atoms with Crippen LogP contribution in [0, 0.1) is 5.82 Å². The van der Waals surface area contributed by atoms with Gasteiger partial charge in [-0.2, -0.15) is 0 Å². The molecule has 1 aromatic carbocycles. The maximum atomic E-state index is 13.7. The first kappa shape index (κ1) is 10.2. The Morgan fingerprint density at radius 2 is 2.20 bits per heavy atom. The van der Waals surface area contributed by atoms with E-state index in [0.29, 0.717) is 6.54 Å². The number of aryl methyl sites for hydroxylation is 1. The zero-order valence-corrected chi connectivity index (χ0v) is 9.05. The Morgan fingerprint density at radius 1 is 1.40 bits per heavy atom. The predicted molar refractivity (Wildman–Crippen MR) is 60.3 cm³/mol. The molecule has 1 N–H and O–H groups in total. The molecule has 80 valence electrons. The van der Waals surface area contributed by atoms with Crippen LogP contribution in [0.25, 0.3) is 10.9 Å². The van der Waals surface area contributed by atoms with Crippen LogP contribution in [0.1, 0.15) is 12.5 Å². The Kier molecular flexibility index (Phi) is 2.73. The van der Waals surface area contributed by atoms with Crippen LogP contribution in [0.2, 0.25) is 0 Å². The lowest BCUT2D eigenvalue weighted by atomic mass is 10.1. The average Bonchev–Trinajstić information content (AvgIpc) is 2.59. The van der Waals surface area contributed by atoms with Crippen LogP contribution in [-0.2, 0) is 13.1 Å². The highest BCUT2D eigenvalue weighted by atomic mass is 19.1. The van der Waals surface area contributed by atoms with Gasteiger partial charge in [0.05, 0.1) is 5.52 Å². The van der Waals surface area contributed by atoms with Crippen LogP contribution in [-0.4, -0.2) is 11.6 Å². The highest BCUT2D eigenvalue weighted by Crippen LogP contribution is 2.24. The fraction of sp³-hybridized carbons (Fsp3) is 0.333. The number of benzene rings is 1. The molecule has 1 heterocycles. The second-order valence-corrected chi connectivity index (χ2v) is 3.60. The molecular formula is C12H15FN2. The molecule has 0 bridgehead atoms. The zero-order valence-electron chi connectivity index (χ0n) is 9.05. The largest absolute Gasteiger partial charge is 0.347 e. The lowest BCUT2D eigenvalue weighted by molar-refractivity contribution is 0.638. The standard InChI is InChI=1S/C12H15FN2/c1-3-15-8-9(7-14-2)12-10(13)5-4-6-11(12)15/h4-6,8,14H,3,7H2,1-2H3. The summed E-state index contributed by atoms with van der Waals surface area (Å²) in [5.74, 6) is -0.134. The zero-order chi connectivity index (χ0) is 10.8. The summed E-state index contributed by atoms with van der Waals surface area (Å²) in [5, 5.41) is 3.80. The highest BCUT2D eigenvalue weighted by molar-refractivity contribution is 5.84. The molecule has 15 heavy (non-hydrogen) atoms. The molecule has 0 spiro atoms. The summed E-state index contributed by atoms with van der Waals surface area (Å²) in [7, 11) is 1.87. The van der Waals surface area contributed by atoms with E-state index in [-0.39, 0.29) is 5.82 Å². The summed E-state index contributed by atoms with van der Waals surface area (Å²) >= 11 is 0. The molecule has 0 saturated carbocycles. The molecule has 0 amide bonds. The molecule has 1 aromatic heterocycles. The van der Waals surface area contributed by atoms with Crippen molar-refractivity contribution in [2.45, 2.75) is 20.0 Å². The third-order valence-corrected chi connectivity index (χ3v) is 2.64. The van der Waals surface area contributed by atoms with Gasteiger partial charge in [-0.05, 0) is 31.7 Å². The fourth-order valence-corrected chi connectivity index (χ4v) is 1.98. The Hall–Kier alpha value is -1.35. The number of rotatable bonds is 3. The summed E-state index contributed by atoms with van der Waals surface area (Å²) in [6.45, 7) is 3.63. The van der Waals surface area contributed by atoms with Gasteiger partial charge in [-0.15, -0.1) is 0 Å². The van der Waals surface area contributed by atoms with Gasteiger partial charge in [0.15, 0.2) is 0 Å². The molecule has 0 aliphatic heterocycles. The van der Waals surface area contributed by atoms with Crippen molar-refractivity contribution in [2.24, 2.45) is 0 Å². The first-order valence-corrected chi connectivity index (χ1v) is 5.18. The van der Waals surface area contributed by atoms with Crippen molar-refractivity contribution < 1.29 is 4.39 Å². The Labute approximate surface area is 88.7 Å².